The van der Waals surface area contributed by atoms with E-state index in [1.54, 1.807) is 19.2 Å². The molecule has 1 aromatic heterocycles. The van der Waals surface area contributed by atoms with Crippen LogP contribution in [0.25, 0.3) is 10.9 Å². The van der Waals surface area contributed by atoms with Gasteiger partial charge in [-0.05, 0) is 23.8 Å². The Morgan fingerprint density at radius 3 is 2.61 bits per heavy atom. The number of fused-ring (bicyclic) bond motifs is 1. The molecule has 1 heterocycles. The summed E-state index contributed by atoms with van der Waals surface area (Å²) in [6.07, 6.45) is 0.221. The lowest BCUT2D eigenvalue weighted by Crippen LogP contribution is -2.45. The molecule has 0 radical (unpaired) electrons. The molecule has 28 heavy (non-hydrogen) atoms. The van der Waals surface area contributed by atoms with Gasteiger partial charge in [0, 0.05) is 18.5 Å². The van der Waals surface area contributed by atoms with Gasteiger partial charge in [-0.3, -0.25) is 14.3 Å². The largest absolute Gasteiger partial charge is 0.467 e. The Balaban J connectivity index is 1.94. The highest BCUT2D eigenvalue weighted by molar-refractivity contribution is 6.31. The van der Waals surface area contributed by atoms with Crippen molar-refractivity contribution in [1.29, 1.82) is 0 Å². The van der Waals surface area contributed by atoms with Crippen molar-refractivity contribution in [3.05, 3.63) is 75.0 Å². The standard InChI is InChI=1S/C20H18ClN3O4/c1-24-16-9-8-13(21)11-14(16)18(25)17(23-24)19(26)22-15(20(27)28-2)10-12-6-4-3-5-7-12/h3-9,11,15H,10H2,1-2H3,(H,22,26). The SMILES string of the molecule is COC(=O)C(Cc1ccccc1)NC(=O)c1nn(C)c2ccc(Cl)cc2c1=O. The number of carbonyl (C=O) groups is 2. The Bertz CT molecular complexity index is 1100. The number of hydrogen-bond donors (Lipinski definition) is 1. The molecule has 7 nitrogen and oxygen atoms in total. The molecule has 0 aliphatic carbocycles. The molecule has 0 bridgehead atoms. The zero-order chi connectivity index (χ0) is 20.3. The van der Waals surface area contributed by atoms with Crippen LogP contribution in [0.1, 0.15) is 16.1 Å². The predicted octanol–water partition coefficient (Wildman–Crippen LogP) is 2.10. The molecule has 3 rings (SSSR count). The third-order valence-corrected chi connectivity index (χ3v) is 4.54. The maximum Gasteiger partial charge on any atom is 0.328 e. The number of benzene rings is 2. The molecule has 0 fully saturated rings. The van der Waals surface area contributed by atoms with Gasteiger partial charge in [0.1, 0.15) is 6.04 Å². The first-order valence-corrected chi connectivity index (χ1v) is 8.87. The first-order valence-electron chi connectivity index (χ1n) is 8.50. The highest BCUT2D eigenvalue weighted by Gasteiger charge is 2.25. The van der Waals surface area contributed by atoms with Gasteiger partial charge in [-0.2, -0.15) is 5.10 Å². The molecule has 0 aliphatic heterocycles. The molecule has 2 aromatic carbocycles. The minimum absolute atomic E-state index is 0.221. The van der Waals surface area contributed by atoms with E-state index in [9.17, 15) is 14.4 Å². The Hall–Kier alpha value is -3.19. The van der Waals surface area contributed by atoms with Crippen LogP contribution >= 0.6 is 11.6 Å². The van der Waals surface area contributed by atoms with E-state index in [0.717, 1.165) is 5.56 Å². The van der Waals surface area contributed by atoms with Crippen molar-refractivity contribution in [3.8, 4) is 0 Å². The number of aromatic nitrogens is 2. The normalized spacial score (nSPS) is 11.8. The van der Waals surface area contributed by atoms with Crippen molar-refractivity contribution < 1.29 is 14.3 Å². The van der Waals surface area contributed by atoms with Crippen molar-refractivity contribution in [2.45, 2.75) is 12.5 Å². The van der Waals surface area contributed by atoms with Crippen LogP contribution in [0.4, 0.5) is 0 Å². The molecular formula is C20H18ClN3O4. The van der Waals surface area contributed by atoms with Gasteiger partial charge in [0.25, 0.3) is 5.91 Å². The summed E-state index contributed by atoms with van der Waals surface area (Å²) in [7, 11) is 2.86. The molecule has 1 unspecified atom stereocenters. The molecule has 0 spiro atoms. The lowest BCUT2D eigenvalue weighted by atomic mass is 10.1. The fourth-order valence-corrected chi connectivity index (χ4v) is 3.08. The summed E-state index contributed by atoms with van der Waals surface area (Å²) in [4.78, 5) is 37.6. The number of halogens is 1. The lowest BCUT2D eigenvalue weighted by molar-refractivity contribution is -0.142. The van der Waals surface area contributed by atoms with Crippen molar-refractivity contribution in [2.24, 2.45) is 7.05 Å². The molecule has 0 saturated heterocycles. The van der Waals surface area contributed by atoms with Crippen molar-refractivity contribution in [3.63, 3.8) is 0 Å². The number of hydrogen-bond acceptors (Lipinski definition) is 5. The van der Waals surface area contributed by atoms with E-state index in [0.29, 0.717) is 10.5 Å². The highest BCUT2D eigenvalue weighted by atomic mass is 35.5. The predicted molar refractivity (Wildman–Crippen MR) is 105 cm³/mol. The second kappa shape index (κ2) is 8.22. The average Bonchev–Trinajstić information content (AvgIpc) is 2.70. The van der Waals surface area contributed by atoms with Crippen LogP contribution in [-0.4, -0.2) is 34.8 Å². The van der Waals surface area contributed by atoms with Crippen LogP contribution in [0.15, 0.2) is 53.3 Å². The summed E-state index contributed by atoms with van der Waals surface area (Å²) in [6.45, 7) is 0. The van der Waals surface area contributed by atoms with Gasteiger partial charge in [0.2, 0.25) is 5.43 Å². The van der Waals surface area contributed by atoms with Crippen LogP contribution < -0.4 is 10.7 Å². The lowest BCUT2D eigenvalue weighted by Gasteiger charge is -2.16. The minimum Gasteiger partial charge on any atom is -0.467 e. The molecule has 0 aliphatic rings. The molecule has 1 N–H and O–H groups in total. The fourth-order valence-electron chi connectivity index (χ4n) is 2.91. The van der Waals surface area contributed by atoms with E-state index in [1.807, 2.05) is 30.3 Å². The molecule has 3 aromatic rings. The number of nitrogens with zero attached hydrogens (tertiary/aromatic N) is 2. The van der Waals surface area contributed by atoms with Crippen LogP contribution in [0.3, 0.4) is 0 Å². The van der Waals surface area contributed by atoms with E-state index in [-0.39, 0.29) is 17.5 Å². The quantitative estimate of drug-likeness (QED) is 0.663. The fraction of sp³-hybridized carbons (Fsp3) is 0.200. The van der Waals surface area contributed by atoms with Crippen LogP contribution in [0.5, 0.6) is 0 Å². The van der Waals surface area contributed by atoms with E-state index < -0.39 is 23.3 Å². The summed E-state index contributed by atoms with van der Waals surface area (Å²) in [5, 5.41) is 7.28. The minimum atomic E-state index is -0.957. The third kappa shape index (κ3) is 4.04. The Morgan fingerprint density at radius 2 is 1.93 bits per heavy atom. The van der Waals surface area contributed by atoms with Gasteiger partial charge in [0.15, 0.2) is 5.69 Å². The zero-order valence-electron chi connectivity index (χ0n) is 15.3. The molecule has 144 valence electrons. The van der Waals surface area contributed by atoms with Crippen molar-refractivity contribution in [1.82, 2.24) is 15.1 Å². The smallest absolute Gasteiger partial charge is 0.328 e. The number of amides is 1. The highest BCUT2D eigenvalue weighted by Crippen LogP contribution is 2.16. The molecule has 8 heteroatoms. The molecule has 1 atom stereocenters. The summed E-state index contributed by atoms with van der Waals surface area (Å²) in [6, 6.07) is 13.0. The zero-order valence-corrected chi connectivity index (χ0v) is 16.1. The number of carbonyl (C=O) groups excluding carboxylic acids is 2. The second-order valence-corrected chi connectivity index (χ2v) is 6.64. The number of rotatable bonds is 5. The van der Waals surface area contributed by atoms with Gasteiger partial charge >= 0.3 is 5.97 Å². The molecule has 0 saturated carbocycles. The van der Waals surface area contributed by atoms with Gasteiger partial charge in [0.05, 0.1) is 18.0 Å². The van der Waals surface area contributed by atoms with E-state index in [1.165, 1.54) is 17.9 Å². The van der Waals surface area contributed by atoms with E-state index in [2.05, 4.69) is 10.4 Å². The topological polar surface area (TPSA) is 90.3 Å². The maximum absolute atomic E-state index is 12.7. The van der Waals surface area contributed by atoms with Crippen LogP contribution in [0.2, 0.25) is 5.02 Å². The van der Waals surface area contributed by atoms with Crippen molar-refractivity contribution >= 4 is 34.4 Å². The number of aryl methyl sites for hydroxylation is 1. The summed E-state index contributed by atoms with van der Waals surface area (Å²) in [5.74, 6) is -1.37. The Labute approximate surface area is 165 Å². The van der Waals surface area contributed by atoms with Crippen molar-refractivity contribution in [2.75, 3.05) is 7.11 Å². The first-order chi connectivity index (χ1) is 13.4. The number of methoxy groups -OCH3 is 1. The Morgan fingerprint density at radius 1 is 1.21 bits per heavy atom. The monoisotopic (exact) mass is 399 g/mol. The number of ether oxygens (including phenoxy) is 1. The van der Waals surface area contributed by atoms with Gasteiger partial charge in [-0.25, -0.2) is 4.79 Å². The van der Waals surface area contributed by atoms with E-state index in [4.69, 9.17) is 16.3 Å². The maximum atomic E-state index is 12.7. The average molecular weight is 400 g/mol. The summed E-state index contributed by atoms with van der Waals surface area (Å²) >= 11 is 5.98. The molecular weight excluding hydrogens is 382 g/mol. The van der Waals surface area contributed by atoms with Crippen LogP contribution in [-0.2, 0) is 23.0 Å². The molecule has 1 amide bonds. The van der Waals surface area contributed by atoms with E-state index >= 15 is 0 Å². The number of nitrogens with one attached hydrogen (secondary N) is 1. The van der Waals surface area contributed by atoms with Gasteiger partial charge in [-0.15, -0.1) is 0 Å². The summed E-state index contributed by atoms with van der Waals surface area (Å²) in [5.41, 5.74) is 0.500. The van der Waals surface area contributed by atoms with Gasteiger partial charge in [-0.1, -0.05) is 41.9 Å². The van der Waals surface area contributed by atoms with Crippen LogP contribution in [0, 0.1) is 0 Å². The van der Waals surface area contributed by atoms with Gasteiger partial charge < -0.3 is 10.1 Å². The third-order valence-electron chi connectivity index (χ3n) is 4.31. The second-order valence-electron chi connectivity index (χ2n) is 6.20. The first kappa shape index (κ1) is 19.6. The summed E-state index contributed by atoms with van der Waals surface area (Å²) < 4.78 is 6.21. The number of esters is 1. The Kier molecular flexibility index (Phi) is 5.75.